The average molecular weight is 453 g/mol. The normalized spacial score (nSPS) is 10.9. The van der Waals surface area contributed by atoms with Crippen LogP contribution in [0.2, 0.25) is 5.02 Å². The maximum Gasteiger partial charge on any atom is 0.184 e. The molecule has 4 nitrogen and oxygen atoms in total. The lowest BCUT2D eigenvalue weighted by Crippen LogP contribution is -2.22. The molecule has 0 unspecified atom stereocenters. The molecule has 2 heterocycles. The molecule has 158 valence electrons. The molecule has 0 saturated carbocycles. The van der Waals surface area contributed by atoms with Crippen LogP contribution in [0.15, 0.2) is 79.3 Å². The van der Waals surface area contributed by atoms with Crippen molar-refractivity contribution in [2.75, 3.05) is 18.5 Å². The zero-order valence-corrected chi connectivity index (χ0v) is 18.7. The van der Waals surface area contributed by atoms with Gasteiger partial charge in [-0.1, -0.05) is 23.7 Å². The molecule has 0 amide bonds. The molecule has 7 heteroatoms. The highest BCUT2D eigenvalue weighted by atomic mass is 35.5. The number of benzene rings is 2. The first-order valence-electron chi connectivity index (χ1n) is 9.94. The third-order valence-corrected chi connectivity index (χ3v) is 5.86. The van der Waals surface area contributed by atoms with Crippen LogP contribution in [0.25, 0.3) is 5.69 Å². The number of hydrogen-bond acceptors (Lipinski definition) is 3. The number of hydrogen-bond donors (Lipinski definition) is 0. The van der Waals surface area contributed by atoms with Gasteiger partial charge in [-0.3, -0.25) is 9.55 Å². The standard InChI is InChI=1S/C24H22ClFN4S/c1-28(21-10-12-27-13-11-21)14-15-29-17-23(16-18-2-6-20(26)7-3-18)30(24(29)31)22-8-4-19(25)5-9-22/h2-13,17H,14-16H2,1H3. The van der Waals surface area contributed by atoms with Gasteiger partial charge in [-0.2, -0.15) is 0 Å². The second kappa shape index (κ2) is 9.45. The van der Waals surface area contributed by atoms with Crippen molar-refractivity contribution in [3.05, 3.63) is 106 Å². The fourth-order valence-corrected chi connectivity index (χ4v) is 3.98. The molecule has 0 saturated heterocycles. The van der Waals surface area contributed by atoms with Gasteiger partial charge in [-0.05, 0) is 66.3 Å². The van der Waals surface area contributed by atoms with Gasteiger partial charge in [0.05, 0.1) is 0 Å². The Morgan fingerprint density at radius 1 is 1.00 bits per heavy atom. The van der Waals surface area contributed by atoms with Gasteiger partial charge in [-0.25, -0.2) is 4.39 Å². The smallest absolute Gasteiger partial charge is 0.184 e. The summed E-state index contributed by atoms with van der Waals surface area (Å²) in [6.45, 7) is 1.52. The summed E-state index contributed by atoms with van der Waals surface area (Å²) in [5, 5.41) is 0.675. The SMILES string of the molecule is CN(CCn1cc(Cc2ccc(F)cc2)n(-c2ccc(Cl)cc2)c1=S)c1ccncc1. The second-order valence-corrected chi connectivity index (χ2v) is 8.14. The van der Waals surface area contributed by atoms with Gasteiger partial charge in [0.15, 0.2) is 4.77 Å². The molecule has 4 aromatic rings. The van der Waals surface area contributed by atoms with Crippen molar-refractivity contribution in [2.24, 2.45) is 0 Å². The van der Waals surface area contributed by atoms with Crippen LogP contribution >= 0.6 is 23.8 Å². The molecular weight excluding hydrogens is 431 g/mol. The van der Waals surface area contributed by atoms with E-state index in [-0.39, 0.29) is 5.82 Å². The Hall–Kier alpha value is -2.96. The minimum Gasteiger partial charge on any atom is -0.373 e. The van der Waals surface area contributed by atoms with Crippen LogP contribution < -0.4 is 4.90 Å². The molecule has 0 atom stereocenters. The van der Waals surface area contributed by atoms with Crippen molar-refractivity contribution in [1.29, 1.82) is 0 Å². The molecule has 0 spiro atoms. The molecule has 0 radical (unpaired) electrons. The van der Waals surface area contributed by atoms with E-state index >= 15 is 0 Å². The highest BCUT2D eigenvalue weighted by Gasteiger charge is 2.12. The maximum atomic E-state index is 13.3. The Morgan fingerprint density at radius 3 is 2.35 bits per heavy atom. The lowest BCUT2D eigenvalue weighted by Gasteiger charge is -2.19. The largest absolute Gasteiger partial charge is 0.373 e. The molecule has 4 rings (SSSR count). The quantitative estimate of drug-likeness (QED) is 0.325. The van der Waals surface area contributed by atoms with Gasteiger partial charge in [0.2, 0.25) is 0 Å². The van der Waals surface area contributed by atoms with E-state index in [4.69, 9.17) is 23.8 Å². The highest BCUT2D eigenvalue weighted by molar-refractivity contribution is 7.71. The summed E-state index contributed by atoms with van der Waals surface area (Å²) in [5.41, 5.74) is 4.11. The van der Waals surface area contributed by atoms with Crippen LogP contribution in [0, 0.1) is 10.6 Å². The molecule has 2 aromatic carbocycles. The minimum absolute atomic E-state index is 0.241. The fourth-order valence-electron chi connectivity index (χ4n) is 3.49. The Kier molecular flexibility index (Phi) is 6.49. The lowest BCUT2D eigenvalue weighted by molar-refractivity contribution is 0.627. The summed E-state index contributed by atoms with van der Waals surface area (Å²) in [6.07, 6.45) is 6.30. The Balaban J connectivity index is 1.65. The van der Waals surface area contributed by atoms with E-state index < -0.39 is 0 Å². The number of rotatable bonds is 7. The van der Waals surface area contributed by atoms with Crippen molar-refractivity contribution < 1.29 is 4.39 Å². The maximum absolute atomic E-state index is 13.3. The molecule has 2 aromatic heterocycles. The van der Waals surface area contributed by atoms with Crippen LogP contribution in [-0.2, 0) is 13.0 Å². The van der Waals surface area contributed by atoms with E-state index in [2.05, 4.69) is 32.3 Å². The number of pyridine rings is 1. The van der Waals surface area contributed by atoms with Crippen LogP contribution in [-0.4, -0.2) is 27.7 Å². The fraction of sp³-hybridized carbons (Fsp3) is 0.167. The zero-order chi connectivity index (χ0) is 21.8. The number of nitrogens with zero attached hydrogens (tertiary/aromatic N) is 4. The van der Waals surface area contributed by atoms with Crippen molar-refractivity contribution in [1.82, 2.24) is 14.1 Å². The zero-order valence-electron chi connectivity index (χ0n) is 17.1. The van der Waals surface area contributed by atoms with E-state index in [0.717, 1.165) is 35.7 Å². The summed E-state index contributed by atoms with van der Waals surface area (Å²) < 4.78 is 18.2. The summed E-state index contributed by atoms with van der Waals surface area (Å²) in [4.78, 5) is 6.24. The van der Waals surface area contributed by atoms with Crippen LogP contribution in [0.3, 0.4) is 0 Å². The number of likely N-dealkylation sites (N-methyl/N-ethyl adjacent to an activating group) is 1. The molecule has 0 aliphatic heterocycles. The van der Waals surface area contributed by atoms with Crippen LogP contribution in [0.1, 0.15) is 11.3 Å². The topological polar surface area (TPSA) is 26.0 Å². The Bertz CT molecular complexity index is 1200. The summed E-state index contributed by atoms with van der Waals surface area (Å²) >= 11 is 11.9. The molecule has 0 fully saturated rings. The number of imidazole rings is 1. The van der Waals surface area contributed by atoms with Gasteiger partial charge in [0, 0.05) is 67.2 Å². The minimum atomic E-state index is -0.241. The molecule has 31 heavy (non-hydrogen) atoms. The number of anilines is 1. The van der Waals surface area contributed by atoms with Crippen molar-refractivity contribution in [2.45, 2.75) is 13.0 Å². The molecule has 0 aliphatic carbocycles. The predicted molar refractivity (Wildman–Crippen MR) is 126 cm³/mol. The monoisotopic (exact) mass is 452 g/mol. The van der Waals surface area contributed by atoms with Gasteiger partial charge in [0.25, 0.3) is 0 Å². The van der Waals surface area contributed by atoms with Gasteiger partial charge < -0.3 is 9.47 Å². The van der Waals surface area contributed by atoms with Gasteiger partial charge >= 0.3 is 0 Å². The Labute approximate surface area is 191 Å². The second-order valence-electron chi connectivity index (χ2n) is 7.34. The molecule has 0 N–H and O–H groups in total. The Morgan fingerprint density at radius 2 is 1.68 bits per heavy atom. The molecule has 0 aliphatic rings. The molecule has 0 bridgehead atoms. The van der Waals surface area contributed by atoms with E-state index in [1.165, 1.54) is 12.1 Å². The predicted octanol–water partition coefficient (Wildman–Crippen LogP) is 5.92. The molecular formula is C24H22ClFN4S. The van der Waals surface area contributed by atoms with Crippen LogP contribution in [0.5, 0.6) is 0 Å². The summed E-state index contributed by atoms with van der Waals surface area (Å²) in [7, 11) is 2.05. The first-order valence-corrected chi connectivity index (χ1v) is 10.7. The van der Waals surface area contributed by atoms with E-state index in [1.807, 2.05) is 36.4 Å². The summed E-state index contributed by atoms with van der Waals surface area (Å²) in [5.74, 6) is -0.241. The van der Waals surface area contributed by atoms with Crippen molar-refractivity contribution >= 4 is 29.5 Å². The highest BCUT2D eigenvalue weighted by Crippen LogP contribution is 2.21. The van der Waals surface area contributed by atoms with E-state index in [0.29, 0.717) is 16.2 Å². The number of aromatic nitrogens is 3. The van der Waals surface area contributed by atoms with Crippen molar-refractivity contribution in [3.63, 3.8) is 0 Å². The lowest BCUT2D eigenvalue weighted by atomic mass is 10.1. The first-order chi connectivity index (χ1) is 15.0. The third kappa shape index (κ3) is 5.03. The van der Waals surface area contributed by atoms with Gasteiger partial charge in [-0.15, -0.1) is 0 Å². The first kappa shape index (κ1) is 21.3. The third-order valence-electron chi connectivity index (χ3n) is 5.19. The summed E-state index contributed by atoms with van der Waals surface area (Å²) in [6, 6.07) is 18.2. The average Bonchev–Trinajstić information content (AvgIpc) is 3.09. The van der Waals surface area contributed by atoms with E-state index in [1.54, 1.807) is 24.5 Å². The van der Waals surface area contributed by atoms with Crippen molar-refractivity contribution in [3.8, 4) is 5.69 Å². The van der Waals surface area contributed by atoms with Gasteiger partial charge in [0.1, 0.15) is 5.82 Å². The van der Waals surface area contributed by atoms with Crippen LogP contribution in [0.4, 0.5) is 10.1 Å². The number of halogens is 2. The van der Waals surface area contributed by atoms with E-state index in [9.17, 15) is 4.39 Å².